The predicted molar refractivity (Wildman–Crippen MR) is 62.3 cm³/mol. The third kappa shape index (κ3) is 2.87. The topological polar surface area (TPSA) is 15.6 Å². The molecule has 0 amide bonds. The predicted octanol–water partition coefficient (Wildman–Crippen LogP) is 3.00. The summed E-state index contributed by atoms with van der Waals surface area (Å²) in [6.45, 7) is 8.35. The number of rotatable bonds is 4. The standard InChI is InChI=1S/C12H18N2/c1-4-14(5-2)10-13-12-9-7-6-8-11(12)3/h6-10H,4-5H2,1-3H3. The molecule has 0 bridgehead atoms. The van der Waals surface area contributed by atoms with Gasteiger partial charge in [0.2, 0.25) is 0 Å². The first kappa shape index (κ1) is 10.8. The molecule has 0 aliphatic rings. The maximum atomic E-state index is 4.45. The smallest absolute Gasteiger partial charge is 0.0912 e. The summed E-state index contributed by atoms with van der Waals surface area (Å²) in [5.74, 6) is 0. The minimum Gasteiger partial charge on any atom is -0.363 e. The molecule has 0 heterocycles. The molecule has 0 aliphatic heterocycles. The van der Waals surface area contributed by atoms with Gasteiger partial charge in [0.05, 0.1) is 12.0 Å². The van der Waals surface area contributed by atoms with Crippen molar-refractivity contribution in [2.24, 2.45) is 4.99 Å². The van der Waals surface area contributed by atoms with Crippen LogP contribution in [0.15, 0.2) is 29.3 Å². The average molecular weight is 190 g/mol. The van der Waals surface area contributed by atoms with E-state index in [0.29, 0.717) is 0 Å². The molecular formula is C12H18N2. The summed E-state index contributed by atoms with van der Waals surface area (Å²) < 4.78 is 0. The first-order valence-electron chi connectivity index (χ1n) is 5.11. The Labute approximate surface area is 86.3 Å². The monoisotopic (exact) mass is 190 g/mol. The summed E-state index contributed by atoms with van der Waals surface area (Å²) in [6, 6.07) is 8.16. The maximum Gasteiger partial charge on any atom is 0.0912 e. The fourth-order valence-electron chi connectivity index (χ4n) is 1.24. The van der Waals surface area contributed by atoms with E-state index in [1.165, 1.54) is 5.56 Å². The highest BCUT2D eigenvalue weighted by molar-refractivity contribution is 5.62. The molecule has 0 saturated carbocycles. The highest BCUT2D eigenvalue weighted by Gasteiger charge is 1.94. The SMILES string of the molecule is CCN(C=Nc1ccccc1C)CC. The molecule has 1 aromatic carbocycles. The fraction of sp³-hybridized carbons (Fsp3) is 0.417. The third-order valence-corrected chi connectivity index (χ3v) is 2.29. The van der Waals surface area contributed by atoms with Gasteiger partial charge in [0.25, 0.3) is 0 Å². The van der Waals surface area contributed by atoms with Crippen LogP contribution in [-0.2, 0) is 0 Å². The molecule has 0 aromatic heterocycles. The number of nitrogens with zero attached hydrogens (tertiary/aromatic N) is 2. The summed E-state index contributed by atoms with van der Waals surface area (Å²) in [5, 5.41) is 0. The van der Waals surface area contributed by atoms with Crippen LogP contribution in [0.1, 0.15) is 19.4 Å². The van der Waals surface area contributed by atoms with E-state index in [4.69, 9.17) is 0 Å². The van der Waals surface area contributed by atoms with E-state index in [1.54, 1.807) is 0 Å². The van der Waals surface area contributed by atoms with Crippen LogP contribution in [0.3, 0.4) is 0 Å². The number of para-hydroxylation sites is 1. The van der Waals surface area contributed by atoms with Crippen LogP contribution in [0, 0.1) is 6.92 Å². The van der Waals surface area contributed by atoms with Gasteiger partial charge in [-0.15, -0.1) is 0 Å². The van der Waals surface area contributed by atoms with Gasteiger partial charge in [0, 0.05) is 13.1 Å². The Bertz CT molecular complexity index is 301. The summed E-state index contributed by atoms with van der Waals surface area (Å²) in [4.78, 5) is 6.62. The van der Waals surface area contributed by atoms with Gasteiger partial charge in [-0.3, -0.25) is 0 Å². The highest BCUT2D eigenvalue weighted by atomic mass is 15.1. The number of hydrogen-bond donors (Lipinski definition) is 0. The molecule has 0 N–H and O–H groups in total. The van der Waals surface area contributed by atoms with Crippen molar-refractivity contribution in [2.75, 3.05) is 13.1 Å². The van der Waals surface area contributed by atoms with E-state index < -0.39 is 0 Å². The molecule has 2 heteroatoms. The molecule has 0 radical (unpaired) electrons. The lowest BCUT2D eigenvalue weighted by molar-refractivity contribution is 0.480. The van der Waals surface area contributed by atoms with Crippen LogP contribution >= 0.6 is 0 Å². The molecule has 0 saturated heterocycles. The summed E-state index contributed by atoms with van der Waals surface area (Å²) in [7, 11) is 0. The minimum absolute atomic E-state index is 1.01. The molecule has 76 valence electrons. The zero-order chi connectivity index (χ0) is 10.4. The third-order valence-electron chi connectivity index (χ3n) is 2.29. The van der Waals surface area contributed by atoms with E-state index in [2.05, 4.69) is 36.7 Å². The van der Waals surface area contributed by atoms with Crippen LogP contribution in [-0.4, -0.2) is 24.3 Å². The number of aryl methyl sites for hydroxylation is 1. The van der Waals surface area contributed by atoms with Gasteiger partial charge in [-0.05, 0) is 32.4 Å². The summed E-state index contributed by atoms with van der Waals surface area (Å²) in [6.07, 6.45) is 1.92. The quantitative estimate of drug-likeness (QED) is 0.526. The minimum atomic E-state index is 1.01. The largest absolute Gasteiger partial charge is 0.363 e. The van der Waals surface area contributed by atoms with Crippen molar-refractivity contribution in [2.45, 2.75) is 20.8 Å². The molecule has 0 fully saturated rings. The lowest BCUT2D eigenvalue weighted by atomic mass is 10.2. The second-order valence-electron chi connectivity index (χ2n) is 3.25. The Morgan fingerprint density at radius 2 is 1.86 bits per heavy atom. The molecule has 0 spiro atoms. The Morgan fingerprint density at radius 3 is 2.43 bits per heavy atom. The molecule has 0 atom stereocenters. The van der Waals surface area contributed by atoms with Crippen LogP contribution in [0.4, 0.5) is 5.69 Å². The van der Waals surface area contributed by atoms with Crippen molar-refractivity contribution >= 4 is 12.0 Å². The first-order valence-corrected chi connectivity index (χ1v) is 5.11. The average Bonchev–Trinajstić information content (AvgIpc) is 2.22. The number of benzene rings is 1. The second-order valence-corrected chi connectivity index (χ2v) is 3.25. The zero-order valence-corrected chi connectivity index (χ0v) is 9.20. The molecule has 14 heavy (non-hydrogen) atoms. The molecule has 2 nitrogen and oxygen atoms in total. The van der Waals surface area contributed by atoms with Gasteiger partial charge >= 0.3 is 0 Å². The Morgan fingerprint density at radius 1 is 1.21 bits per heavy atom. The van der Waals surface area contributed by atoms with E-state index in [0.717, 1.165) is 18.8 Å². The van der Waals surface area contributed by atoms with Gasteiger partial charge in [0.15, 0.2) is 0 Å². The van der Waals surface area contributed by atoms with Crippen molar-refractivity contribution in [3.63, 3.8) is 0 Å². The van der Waals surface area contributed by atoms with E-state index >= 15 is 0 Å². The fourth-order valence-corrected chi connectivity index (χ4v) is 1.24. The summed E-state index contributed by atoms with van der Waals surface area (Å²) in [5.41, 5.74) is 2.27. The first-order chi connectivity index (χ1) is 6.77. The molecular weight excluding hydrogens is 172 g/mol. The lowest BCUT2D eigenvalue weighted by Gasteiger charge is -2.13. The molecule has 1 rings (SSSR count). The van der Waals surface area contributed by atoms with Gasteiger partial charge < -0.3 is 4.90 Å². The number of aliphatic imine (C=N–C) groups is 1. The van der Waals surface area contributed by atoms with E-state index in [-0.39, 0.29) is 0 Å². The van der Waals surface area contributed by atoms with Crippen LogP contribution < -0.4 is 0 Å². The van der Waals surface area contributed by atoms with Crippen molar-refractivity contribution in [3.8, 4) is 0 Å². The molecule has 0 aliphatic carbocycles. The van der Waals surface area contributed by atoms with Crippen molar-refractivity contribution < 1.29 is 0 Å². The van der Waals surface area contributed by atoms with Gasteiger partial charge in [0.1, 0.15) is 0 Å². The van der Waals surface area contributed by atoms with Gasteiger partial charge in [-0.1, -0.05) is 18.2 Å². The Balaban J connectivity index is 2.72. The van der Waals surface area contributed by atoms with Crippen molar-refractivity contribution in [1.29, 1.82) is 0 Å². The van der Waals surface area contributed by atoms with Crippen LogP contribution in [0.2, 0.25) is 0 Å². The second kappa shape index (κ2) is 5.43. The van der Waals surface area contributed by atoms with Gasteiger partial charge in [-0.25, -0.2) is 4.99 Å². The van der Waals surface area contributed by atoms with E-state index in [1.807, 2.05) is 24.5 Å². The number of hydrogen-bond acceptors (Lipinski definition) is 1. The van der Waals surface area contributed by atoms with Crippen molar-refractivity contribution in [1.82, 2.24) is 4.90 Å². The normalized spacial score (nSPS) is 10.8. The zero-order valence-electron chi connectivity index (χ0n) is 9.20. The highest BCUT2D eigenvalue weighted by Crippen LogP contribution is 2.16. The molecule has 0 unspecified atom stereocenters. The summed E-state index contributed by atoms with van der Waals surface area (Å²) >= 11 is 0. The van der Waals surface area contributed by atoms with Crippen molar-refractivity contribution in [3.05, 3.63) is 29.8 Å². The maximum absolute atomic E-state index is 4.45. The molecule has 1 aromatic rings. The Hall–Kier alpha value is -1.31. The van der Waals surface area contributed by atoms with Crippen LogP contribution in [0.5, 0.6) is 0 Å². The van der Waals surface area contributed by atoms with Gasteiger partial charge in [-0.2, -0.15) is 0 Å². The van der Waals surface area contributed by atoms with Crippen LogP contribution in [0.25, 0.3) is 0 Å². The Kier molecular flexibility index (Phi) is 4.17. The van der Waals surface area contributed by atoms with E-state index in [9.17, 15) is 0 Å². The lowest BCUT2D eigenvalue weighted by Crippen LogP contribution is -2.20.